The van der Waals surface area contributed by atoms with Gasteiger partial charge in [0.2, 0.25) is 0 Å². The molecule has 2 amide bonds. The first-order chi connectivity index (χ1) is 13.9. The maximum Gasteiger partial charge on any atom is 0.281 e. The van der Waals surface area contributed by atoms with Crippen LogP contribution in [0.4, 0.5) is 0 Å². The van der Waals surface area contributed by atoms with Crippen LogP contribution in [0.3, 0.4) is 0 Å². The molecule has 1 aliphatic heterocycles. The van der Waals surface area contributed by atoms with Crippen molar-refractivity contribution >= 4 is 66.5 Å². The molecule has 10 heteroatoms. The first-order valence-corrected chi connectivity index (χ1v) is 12.1. The van der Waals surface area contributed by atoms with Gasteiger partial charge in [0.05, 0.1) is 27.3 Å². The van der Waals surface area contributed by atoms with E-state index in [-0.39, 0.29) is 17.3 Å². The van der Waals surface area contributed by atoms with Crippen LogP contribution in [0.2, 0.25) is 0 Å². The molecule has 29 heavy (non-hydrogen) atoms. The van der Waals surface area contributed by atoms with E-state index in [4.69, 9.17) is 0 Å². The number of alkyl halides is 1. The molecule has 0 saturated heterocycles. The molecule has 1 aliphatic rings. The number of imide groups is 1. The summed E-state index contributed by atoms with van der Waals surface area (Å²) in [6.07, 6.45) is 4.05. The van der Waals surface area contributed by atoms with Gasteiger partial charge in [-0.25, -0.2) is 9.97 Å². The standard InChI is InChI=1S/C19H21Br2N5O2S/c1-4-6-7-11(5-2)9-26-18(27)16-17(19(26)28)23-14(10(3)22-16)13(21)15-12(8-20)24-29-25-15/h11H,3-9H2,1-2H3/b14-13-. The zero-order valence-corrected chi connectivity index (χ0v) is 20.2. The zero-order chi connectivity index (χ0) is 21.1. The molecule has 154 valence electrons. The van der Waals surface area contributed by atoms with Gasteiger partial charge in [0.15, 0.2) is 11.4 Å². The summed E-state index contributed by atoms with van der Waals surface area (Å²) in [5, 5.41) is 1.23. The second kappa shape index (κ2) is 9.53. The van der Waals surface area contributed by atoms with Gasteiger partial charge >= 0.3 is 0 Å². The van der Waals surface area contributed by atoms with Crippen molar-refractivity contribution in [2.24, 2.45) is 5.92 Å². The van der Waals surface area contributed by atoms with Crippen molar-refractivity contribution in [1.82, 2.24) is 23.6 Å². The summed E-state index contributed by atoms with van der Waals surface area (Å²) in [6, 6.07) is 0. The third kappa shape index (κ3) is 4.34. The first kappa shape index (κ1) is 22.2. The number of hydrogen-bond donors (Lipinski definition) is 0. The second-order valence-electron chi connectivity index (χ2n) is 6.86. The van der Waals surface area contributed by atoms with Crippen molar-refractivity contribution < 1.29 is 9.59 Å². The van der Waals surface area contributed by atoms with E-state index in [0.29, 0.717) is 32.7 Å². The molecule has 1 unspecified atom stereocenters. The number of hydrogen-bond acceptors (Lipinski definition) is 7. The summed E-state index contributed by atoms with van der Waals surface area (Å²) in [5.41, 5.74) is 1.51. The average molecular weight is 543 g/mol. The number of unbranched alkanes of at least 4 members (excludes halogenated alkanes) is 1. The Morgan fingerprint density at radius 3 is 2.48 bits per heavy atom. The number of rotatable bonds is 8. The van der Waals surface area contributed by atoms with Crippen molar-refractivity contribution in [3.05, 3.63) is 33.5 Å². The summed E-state index contributed by atoms with van der Waals surface area (Å²) in [6.45, 7) is 8.53. The van der Waals surface area contributed by atoms with Gasteiger partial charge in [-0.2, -0.15) is 8.75 Å². The molecule has 0 aromatic carbocycles. The number of carbonyl (C=O) groups is 2. The Kier molecular flexibility index (Phi) is 7.28. The van der Waals surface area contributed by atoms with E-state index < -0.39 is 11.8 Å². The molecular formula is C19H21Br2N5O2S. The third-order valence-electron chi connectivity index (χ3n) is 4.95. The van der Waals surface area contributed by atoms with E-state index in [1.165, 1.54) is 4.90 Å². The highest BCUT2D eigenvalue weighted by Gasteiger charge is 2.39. The van der Waals surface area contributed by atoms with Crippen LogP contribution in [0.1, 0.15) is 71.9 Å². The Balaban J connectivity index is 2.01. The summed E-state index contributed by atoms with van der Waals surface area (Å²) in [5.74, 6) is -0.515. The van der Waals surface area contributed by atoms with E-state index in [0.717, 1.165) is 43.1 Å². The van der Waals surface area contributed by atoms with E-state index in [9.17, 15) is 9.59 Å². The van der Waals surface area contributed by atoms with Gasteiger partial charge in [0.25, 0.3) is 11.8 Å². The Morgan fingerprint density at radius 2 is 1.86 bits per heavy atom. The van der Waals surface area contributed by atoms with Gasteiger partial charge in [-0.3, -0.25) is 14.5 Å². The maximum atomic E-state index is 13.0. The SMILES string of the molecule is C=c1nc2c(n/c1=C(\Br)c1nsnc1CBr)C(=O)N(CC(CC)CCCC)C2=O. The highest BCUT2D eigenvalue weighted by molar-refractivity contribution is 9.15. The topological polar surface area (TPSA) is 88.9 Å². The van der Waals surface area contributed by atoms with Crippen LogP contribution < -0.4 is 10.7 Å². The summed E-state index contributed by atoms with van der Waals surface area (Å²) < 4.78 is 9.06. The number of aromatic nitrogens is 4. The summed E-state index contributed by atoms with van der Waals surface area (Å²) in [7, 11) is 0. The fourth-order valence-corrected chi connectivity index (χ4v) is 5.08. The van der Waals surface area contributed by atoms with Gasteiger partial charge in [-0.15, -0.1) is 0 Å². The second-order valence-corrected chi connectivity index (χ2v) is 8.74. The lowest BCUT2D eigenvalue weighted by Gasteiger charge is -2.20. The molecule has 3 heterocycles. The van der Waals surface area contributed by atoms with Gasteiger partial charge in [-0.1, -0.05) is 55.6 Å². The predicted octanol–water partition coefficient (Wildman–Crippen LogP) is 3.00. The van der Waals surface area contributed by atoms with Crippen LogP contribution in [0.15, 0.2) is 0 Å². The highest BCUT2D eigenvalue weighted by Crippen LogP contribution is 2.24. The molecule has 0 saturated carbocycles. The minimum atomic E-state index is -0.397. The Bertz CT molecular complexity index is 1060. The predicted molar refractivity (Wildman–Crippen MR) is 119 cm³/mol. The monoisotopic (exact) mass is 541 g/mol. The van der Waals surface area contributed by atoms with E-state index in [2.05, 4.69) is 71.0 Å². The fraction of sp³-hybridized carbons (Fsp3) is 0.474. The van der Waals surface area contributed by atoms with Crippen LogP contribution in [0.5, 0.6) is 0 Å². The Labute approximate surface area is 189 Å². The molecule has 0 radical (unpaired) electrons. The molecule has 0 bridgehead atoms. The Hall–Kier alpha value is -1.52. The van der Waals surface area contributed by atoms with E-state index >= 15 is 0 Å². The van der Waals surface area contributed by atoms with Crippen LogP contribution in [0, 0.1) is 5.92 Å². The highest BCUT2D eigenvalue weighted by atomic mass is 79.9. The average Bonchev–Trinajstić information content (AvgIpc) is 3.28. The molecule has 0 spiro atoms. The molecule has 7 nitrogen and oxygen atoms in total. The van der Waals surface area contributed by atoms with Gasteiger partial charge in [0, 0.05) is 11.9 Å². The molecule has 0 aliphatic carbocycles. The number of amides is 2. The van der Waals surface area contributed by atoms with Gasteiger partial charge in [-0.05, 0) is 28.3 Å². The van der Waals surface area contributed by atoms with Crippen molar-refractivity contribution in [2.75, 3.05) is 6.54 Å². The molecule has 0 N–H and O–H groups in total. The number of halogens is 2. The lowest BCUT2D eigenvalue weighted by atomic mass is 9.99. The van der Waals surface area contributed by atoms with Gasteiger partial charge in [0.1, 0.15) is 11.0 Å². The minimum absolute atomic E-state index is 0.0725. The van der Waals surface area contributed by atoms with Crippen molar-refractivity contribution in [1.29, 1.82) is 0 Å². The third-order valence-corrected chi connectivity index (χ3v) is 6.79. The van der Waals surface area contributed by atoms with Crippen LogP contribution >= 0.6 is 43.6 Å². The quantitative estimate of drug-likeness (QED) is 0.376. The lowest BCUT2D eigenvalue weighted by Crippen LogP contribution is -2.34. The van der Waals surface area contributed by atoms with Crippen LogP contribution in [-0.2, 0) is 5.33 Å². The smallest absolute Gasteiger partial charge is 0.271 e. The minimum Gasteiger partial charge on any atom is -0.271 e. The number of fused-ring (bicyclic) bond motifs is 1. The fourth-order valence-electron chi connectivity index (χ4n) is 3.21. The maximum absolute atomic E-state index is 13.0. The summed E-state index contributed by atoms with van der Waals surface area (Å²) in [4.78, 5) is 35.8. The molecule has 0 fully saturated rings. The van der Waals surface area contributed by atoms with Crippen molar-refractivity contribution in [2.45, 2.75) is 44.9 Å². The lowest BCUT2D eigenvalue weighted by molar-refractivity contribution is 0.0620. The van der Waals surface area contributed by atoms with Crippen LogP contribution in [0.25, 0.3) is 11.1 Å². The number of nitrogens with zero attached hydrogens (tertiary/aromatic N) is 5. The van der Waals surface area contributed by atoms with Crippen molar-refractivity contribution in [3.8, 4) is 0 Å². The van der Waals surface area contributed by atoms with Crippen molar-refractivity contribution in [3.63, 3.8) is 0 Å². The number of carbonyl (C=O) groups excluding carboxylic acids is 2. The molecular weight excluding hydrogens is 522 g/mol. The Morgan fingerprint density at radius 1 is 1.17 bits per heavy atom. The zero-order valence-electron chi connectivity index (χ0n) is 16.2. The molecule has 2 aromatic rings. The van der Waals surface area contributed by atoms with E-state index in [1.807, 2.05) is 0 Å². The molecule has 1 atom stereocenters. The van der Waals surface area contributed by atoms with E-state index in [1.54, 1.807) is 0 Å². The molecule has 3 rings (SSSR count). The molecule has 2 aromatic heterocycles. The first-order valence-electron chi connectivity index (χ1n) is 9.43. The van der Waals surface area contributed by atoms with Gasteiger partial charge < -0.3 is 0 Å². The summed E-state index contributed by atoms with van der Waals surface area (Å²) >= 11 is 7.97. The normalized spacial score (nSPS) is 15.7. The largest absolute Gasteiger partial charge is 0.281 e. The van der Waals surface area contributed by atoms with Crippen LogP contribution in [-0.4, -0.2) is 42.0 Å².